The molecule has 1 aliphatic rings. The van der Waals surface area contributed by atoms with Crippen LogP contribution in [0.1, 0.15) is 22.5 Å². The lowest BCUT2D eigenvalue weighted by molar-refractivity contribution is 0.0788. The van der Waals surface area contributed by atoms with E-state index in [1.165, 1.54) is 4.90 Å². The summed E-state index contributed by atoms with van der Waals surface area (Å²) in [5.41, 5.74) is 1.64. The lowest BCUT2D eigenvalue weighted by Crippen LogP contribution is -2.29. The van der Waals surface area contributed by atoms with Crippen molar-refractivity contribution in [3.8, 4) is 0 Å². The van der Waals surface area contributed by atoms with Crippen LogP contribution in [-0.4, -0.2) is 34.6 Å². The van der Waals surface area contributed by atoms with Gasteiger partial charge in [0.2, 0.25) is 0 Å². The fourth-order valence-electron chi connectivity index (χ4n) is 2.66. The first-order valence-corrected chi connectivity index (χ1v) is 8.61. The van der Waals surface area contributed by atoms with E-state index in [-0.39, 0.29) is 5.91 Å². The van der Waals surface area contributed by atoms with Crippen LogP contribution in [0.15, 0.2) is 53.6 Å². The Labute approximate surface area is 135 Å². The maximum absolute atomic E-state index is 12.5. The molecule has 22 heavy (non-hydrogen) atoms. The zero-order chi connectivity index (χ0) is 15.4. The highest BCUT2D eigenvalue weighted by Gasteiger charge is 2.27. The summed E-state index contributed by atoms with van der Waals surface area (Å²) in [5.74, 6) is 1.76. The lowest BCUT2D eigenvalue weighted by atomic mass is 10.2. The minimum Gasteiger partial charge on any atom is -0.338 e. The van der Waals surface area contributed by atoms with Crippen LogP contribution in [0.4, 0.5) is 0 Å². The molecule has 0 N–H and O–H groups in total. The number of carbonyl (C=O) groups excluding carboxylic acids is 1. The van der Waals surface area contributed by atoms with E-state index in [9.17, 15) is 4.79 Å². The number of thioether (sulfide) groups is 1. The Kier molecular flexibility index (Phi) is 4.78. The Morgan fingerprint density at radius 1 is 1.27 bits per heavy atom. The van der Waals surface area contributed by atoms with Crippen molar-refractivity contribution in [3.63, 3.8) is 0 Å². The highest BCUT2D eigenvalue weighted by molar-refractivity contribution is 7.99. The Bertz CT molecular complexity index is 627. The van der Waals surface area contributed by atoms with Crippen molar-refractivity contribution in [3.05, 3.63) is 59.9 Å². The van der Waals surface area contributed by atoms with Crippen molar-refractivity contribution in [1.29, 1.82) is 0 Å². The van der Waals surface area contributed by atoms with E-state index in [0.29, 0.717) is 11.5 Å². The van der Waals surface area contributed by atoms with Gasteiger partial charge in [-0.05, 0) is 43.5 Å². The van der Waals surface area contributed by atoms with Crippen LogP contribution in [0.2, 0.25) is 0 Å². The predicted molar refractivity (Wildman–Crippen MR) is 90.2 cm³/mol. The molecule has 1 aliphatic heterocycles. The van der Waals surface area contributed by atoms with Gasteiger partial charge in [0, 0.05) is 35.6 Å². The molecule has 2 heterocycles. The molecule has 2 aromatic rings. The molecule has 1 saturated heterocycles. The average molecular weight is 312 g/mol. The summed E-state index contributed by atoms with van der Waals surface area (Å²) in [4.78, 5) is 19.9. The van der Waals surface area contributed by atoms with Crippen LogP contribution >= 0.6 is 11.8 Å². The van der Waals surface area contributed by atoms with Crippen LogP contribution in [0.25, 0.3) is 0 Å². The number of amides is 1. The first-order valence-electron chi connectivity index (χ1n) is 7.62. The van der Waals surface area contributed by atoms with E-state index >= 15 is 0 Å². The predicted octanol–water partition coefficient (Wildman–Crippen LogP) is 3.64. The van der Waals surface area contributed by atoms with Gasteiger partial charge in [-0.15, -0.1) is 11.8 Å². The fourth-order valence-corrected chi connectivity index (χ4v) is 3.71. The summed E-state index contributed by atoms with van der Waals surface area (Å²) in [5, 5.41) is 0. The molecular weight excluding hydrogens is 292 g/mol. The van der Waals surface area contributed by atoms with Crippen LogP contribution in [0.3, 0.4) is 0 Å². The van der Waals surface area contributed by atoms with Gasteiger partial charge in [0.1, 0.15) is 0 Å². The maximum atomic E-state index is 12.5. The van der Waals surface area contributed by atoms with Crippen molar-refractivity contribution < 1.29 is 4.79 Å². The second kappa shape index (κ2) is 6.97. The van der Waals surface area contributed by atoms with E-state index in [1.807, 2.05) is 41.8 Å². The number of benzene rings is 1. The minimum absolute atomic E-state index is 0.111. The van der Waals surface area contributed by atoms with Crippen molar-refractivity contribution in [2.75, 3.05) is 18.8 Å². The van der Waals surface area contributed by atoms with Gasteiger partial charge in [0.05, 0.1) is 5.56 Å². The number of hydrogen-bond acceptors (Lipinski definition) is 3. The van der Waals surface area contributed by atoms with Crippen molar-refractivity contribution in [2.24, 2.45) is 5.92 Å². The van der Waals surface area contributed by atoms with Gasteiger partial charge in [-0.3, -0.25) is 9.78 Å². The molecule has 3 nitrogen and oxygen atoms in total. The van der Waals surface area contributed by atoms with Gasteiger partial charge in [-0.1, -0.05) is 18.2 Å². The molecule has 0 unspecified atom stereocenters. The van der Waals surface area contributed by atoms with Crippen molar-refractivity contribution in [2.45, 2.75) is 18.2 Å². The highest BCUT2D eigenvalue weighted by Crippen LogP contribution is 2.26. The molecule has 114 valence electrons. The Morgan fingerprint density at radius 3 is 2.82 bits per heavy atom. The molecular formula is C18H20N2OS. The first-order chi connectivity index (χ1) is 10.7. The fraction of sp³-hybridized carbons (Fsp3) is 0.333. The van der Waals surface area contributed by atoms with Gasteiger partial charge in [0.15, 0.2) is 0 Å². The van der Waals surface area contributed by atoms with Gasteiger partial charge >= 0.3 is 0 Å². The summed E-state index contributed by atoms with van der Waals surface area (Å²) in [6.45, 7) is 3.64. The van der Waals surface area contributed by atoms with Crippen LogP contribution in [0, 0.1) is 12.8 Å². The average Bonchev–Trinajstić information content (AvgIpc) is 3.03. The molecule has 0 saturated carbocycles. The number of likely N-dealkylation sites (tertiary alicyclic amines) is 1. The quantitative estimate of drug-likeness (QED) is 0.808. The number of rotatable bonds is 4. The number of hydrogen-bond donors (Lipinski definition) is 0. The molecule has 0 aliphatic carbocycles. The summed E-state index contributed by atoms with van der Waals surface area (Å²) >= 11 is 1.88. The van der Waals surface area contributed by atoms with Gasteiger partial charge < -0.3 is 4.90 Å². The Balaban J connectivity index is 1.53. The number of carbonyl (C=O) groups is 1. The van der Waals surface area contributed by atoms with Crippen LogP contribution in [0.5, 0.6) is 0 Å². The molecule has 0 radical (unpaired) electrons. The third-order valence-electron chi connectivity index (χ3n) is 3.96. The number of pyridine rings is 1. The summed E-state index contributed by atoms with van der Waals surface area (Å²) in [7, 11) is 0. The summed E-state index contributed by atoms with van der Waals surface area (Å²) in [6, 6.07) is 14.2. The van der Waals surface area contributed by atoms with Crippen molar-refractivity contribution >= 4 is 17.7 Å². The third-order valence-corrected chi connectivity index (χ3v) is 5.20. The Hall–Kier alpha value is -1.81. The highest BCUT2D eigenvalue weighted by atomic mass is 32.2. The largest absolute Gasteiger partial charge is 0.338 e. The molecule has 1 fully saturated rings. The third kappa shape index (κ3) is 3.69. The van der Waals surface area contributed by atoms with Gasteiger partial charge in [-0.25, -0.2) is 0 Å². The molecule has 1 atom stereocenters. The molecule has 0 bridgehead atoms. The normalized spacial score (nSPS) is 17.7. The van der Waals surface area contributed by atoms with E-state index < -0.39 is 0 Å². The first kappa shape index (κ1) is 15.1. The molecule has 1 aromatic heterocycles. The maximum Gasteiger partial charge on any atom is 0.255 e. The van der Waals surface area contributed by atoms with Gasteiger partial charge in [-0.2, -0.15) is 0 Å². The number of nitrogens with zero attached hydrogens (tertiary/aromatic N) is 2. The van der Waals surface area contributed by atoms with Crippen LogP contribution < -0.4 is 0 Å². The second-order valence-electron chi connectivity index (χ2n) is 5.72. The van der Waals surface area contributed by atoms with Crippen LogP contribution in [-0.2, 0) is 0 Å². The van der Waals surface area contributed by atoms with E-state index in [0.717, 1.165) is 31.0 Å². The molecule has 4 heteroatoms. The molecule has 1 aromatic carbocycles. The van der Waals surface area contributed by atoms with E-state index in [2.05, 4.69) is 29.2 Å². The Morgan fingerprint density at radius 2 is 2.09 bits per heavy atom. The zero-order valence-electron chi connectivity index (χ0n) is 12.7. The monoisotopic (exact) mass is 312 g/mol. The topological polar surface area (TPSA) is 33.2 Å². The van der Waals surface area contributed by atoms with E-state index in [4.69, 9.17) is 0 Å². The molecule has 3 rings (SSSR count). The smallest absolute Gasteiger partial charge is 0.255 e. The zero-order valence-corrected chi connectivity index (χ0v) is 13.6. The molecule has 1 amide bonds. The number of aromatic nitrogens is 1. The standard InChI is InChI=1S/C18H20N2OS/c1-14-7-8-16(11-19-14)18(21)20-10-9-15(12-20)13-22-17-5-3-2-4-6-17/h2-8,11,15H,9-10,12-13H2,1H3/t15-/m0/s1. The summed E-state index contributed by atoms with van der Waals surface area (Å²) < 4.78 is 0. The van der Waals surface area contributed by atoms with Gasteiger partial charge in [0.25, 0.3) is 5.91 Å². The molecule has 0 spiro atoms. The van der Waals surface area contributed by atoms with E-state index in [1.54, 1.807) is 6.20 Å². The van der Waals surface area contributed by atoms with Crippen molar-refractivity contribution in [1.82, 2.24) is 9.88 Å². The second-order valence-corrected chi connectivity index (χ2v) is 6.81. The SMILES string of the molecule is Cc1ccc(C(=O)N2CC[C@H](CSc3ccccc3)C2)cn1. The lowest BCUT2D eigenvalue weighted by Gasteiger charge is -2.16. The minimum atomic E-state index is 0.111. The number of aryl methyl sites for hydroxylation is 1. The summed E-state index contributed by atoms with van der Waals surface area (Å²) in [6.07, 6.45) is 2.77.